The molecule has 0 bridgehead atoms. The lowest BCUT2D eigenvalue weighted by atomic mass is 10.1. The monoisotopic (exact) mass is 289 g/mol. The fourth-order valence-electron chi connectivity index (χ4n) is 2.16. The molecule has 0 amide bonds. The molecule has 0 unspecified atom stereocenters. The fourth-order valence-corrected chi connectivity index (χ4v) is 2.16. The molecule has 2 aromatic rings. The highest BCUT2D eigenvalue weighted by molar-refractivity contribution is 5.95. The molecule has 0 saturated heterocycles. The van der Waals surface area contributed by atoms with Crippen LogP contribution < -0.4 is 10.5 Å². The van der Waals surface area contributed by atoms with Crippen molar-refractivity contribution in [3.05, 3.63) is 34.9 Å². The number of aryl methyl sites for hydroxylation is 1. The number of ether oxygens (including phenoxy) is 1. The zero-order valence-corrected chi connectivity index (χ0v) is 12.5. The van der Waals surface area contributed by atoms with Crippen LogP contribution in [0.3, 0.4) is 0 Å². The number of Topliss-reactive ketones (excluding diaryl/α,β-unsaturated/α-hetero) is 1. The van der Waals surface area contributed by atoms with Crippen molar-refractivity contribution in [1.82, 2.24) is 20.0 Å². The highest BCUT2D eigenvalue weighted by atomic mass is 16.5. The molecule has 0 spiro atoms. The summed E-state index contributed by atoms with van der Waals surface area (Å²) in [5.74, 6) is 0.638. The van der Waals surface area contributed by atoms with Gasteiger partial charge in [-0.05, 0) is 13.8 Å². The van der Waals surface area contributed by atoms with Gasteiger partial charge in [0.2, 0.25) is 0 Å². The van der Waals surface area contributed by atoms with E-state index in [4.69, 9.17) is 10.5 Å². The predicted molar refractivity (Wildman–Crippen MR) is 77.4 cm³/mol. The van der Waals surface area contributed by atoms with Crippen LogP contribution in [0, 0.1) is 13.8 Å². The van der Waals surface area contributed by atoms with Crippen molar-refractivity contribution < 1.29 is 9.53 Å². The van der Waals surface area contributed by atoms with Crippen LogP contribution in [0.1, 0.15) is 27.3 Å². The average Bonchev–Trinajstić information content (AvgIpc) is 2.92. The first-order chi connectivity index (χ1) is 10.1. The van der Waals surface area contributed by atoms with E-state index in [1.54, 1.807) is 24.2 Å². The fraction of sp³-hybridized carbons (Fsp3) is 0.429. The standard InChI is InChI=1S/C14H19N5O2/c1-9-7-16-11(10(2)14(9)21-3)6-13(20)12-8-19(5-4-15)18-17-12/h7-8H,4-6,15H2,1-3H3. The molecule has 7 nitrogen and oxygen atoms in total. The highest BCUT2D eigenvalue weighted by Crippen LogP contribution is 2.24. The first-order valence-electron chi connectivity index (χ1n) is 6.69. The van der Waals surface area contributed by atoms with E-state index in [-0.39, 0.29) is 12.2 Å². The van der Waals surface area contributed by atoms with Crippen molar-refractivity contribution in [1.29, 1.82) is 0 Å². The normalized spacial score (nSPS) is 10.7. The Morgan fingerprint density at radius 3 is 2.86 bits per heavy atom. The summed E-state index contributed by atoms with van der Waals surface area (Å²) in [4.78, 5) is 16.6. The van der Waals surface area contributed by atoms with Crippen LogP contribution in [0.2, 0.25) is 0 Å². The average molecular weight is 289 g/mol. The van der Waals surface area contributed by atoms with Gasteiger partial charge >= 0.3 is 0 Å². The van der Waals surface area contributed by atoms with Gasteiger partial charge in [-0.1, -0.05) is 5.21 Å². The van der Waals surface area contributed by atoms with E-state index >= 15 is 0 Å². The Morgan fingerprint density at radius 2 is 2.19 bits per heavy atom. The Morgan fingerprint density at radius 1 is 1.43 bits per heavy atom. The van der Waals surface area contributed by atoms with E-state index in [0.29, 0.717) is 24.5 Å². The van der Waals surface area contributed by atoms with Gasteiger partial charge in [-0.3, -0.25) is 14.5 Å². The molecular weight excluding hydrogens is 270 g/mol. The Bertz CT molecular complexity index is 651. The van der Waals surface area contributed by atoms with E-state index in [2.05, 4.69) is 15.3 Å². The molecule has 2 N–H and O–H groups in total. The zero-order chi connectivity index (χ0) is 15.4. The second kappa shape index (κ2) is 6.45. The maximum atomic E-state index is 12.2. The number of nitrogens with zero attached hydrogens (tertiary/aromatic N) is 4. The van der Waals surface area contributed by atoms with Crippen LogP contribution in [0.15, 0.2) is 12.4 Å². The lowest BCUT2D eigenvalue weighted by molar-refractivity contribution is 0.0987. The molecule has 21 heavy (non-hydrogen) atoms. The number of hydrogen-bond donors (Lipinski definition) is 1. The van der Waals surface area contributed by atoms with Crippen LogP contribution in [0.5, 0.6) is 5.75 Å². The number of carbonyl (C=O) groups is 1. The van der Waals surface area contributed by atoms with E-state index in [0.717, 1.165) is 16.9 Å². The topological polar surface area (TPSA) is 95.9 Å². The van der Waals surface area contributed by atoms with E-state index in [1.807, 2.05) is 13.8 Å². The summed E-state index contributed by atoms with van der Waals surface area (Å²) in [5.41, 5.74) is 8.27. The molecule has 0 aliphatic rings. The Kier molecular flexibility index (Phi) is 4.64. The zero-order valence-electron chi connectivity index (χ0n) is 12.5. The predicted octanol–water partition coefficient (Wildman–Crippen LogP) is 0.683. The molecule has 2 heterocycles. The number of pyridine rings is 1. The number of carbonyl (C=O) groups excluding carboxylic acids is 1. The maximum absolute atomic E-state index is 12.2. The minimum Gasteiger partial charge on any atom is -0.496 e. The van der Waals surface area contributed by atoms with Crippen molar-refractivity contribution in [3.8, 4) is 5.75 Å². The molecule has 0 fully saturated rings. The van der Waals surface area contributed by atoms with E-state index in [9.17, 15) is 4.79 Å². The first kappa shape index (κ1) is 15.1. The summed E-state index contributed by atoms with van der Waals surface area (Å²) >= 11 is 0. The minimum absolute atomic E-state index is 0.125. The number of ketones is 1. The number of nitrogens with two attached hydrogens (primary N) is 1. The molecule has 0 aliphatic carbocycles. The molecule has 2 aromatic heterocycles. The van der Waals surface area contributed by atoms with Crippen LogP contribution >= 0.6 is 0 Å². The molecular formula is C14H19N5O2. The quantitative estimate of drug-likeness (QED) is 0.786. The van der Waals surface area contributed by atoms with Gasteiger partial charge in [0.1, 0.15) is 11.4 Å². The summed E-state index contributed by atoms with van der Waals surface area (Å²) in [6, 6.07) is 0. The molecule has 0 radical (unpaired) electrons. The van der Waals surface area contributed by atoms with E-state index < -0.39 is 0 Å². The van der Waals surface area contributed by atoms with Crippen molar-refractivity contribution >= 4 is 5.78 Å². The number of rotatable bonds is 6. The van der Waals surface area contributed by atoms with Crippen LogP contribution in [0.25, 0.3) is 0 Å². The number of hydrogen-bond acceptors (Lipinski definition) is 6. The summed E-state index contributed by atoms with van der Waals surface area (Å²) < 4.78 is 6.90. The Labute approximate surface area is 123 Å². The van der Waals surface area contributed by atoms with Gasteiger partial charge in [0, 0.05) is 23.9 Å². The largest absolute Gasteiger partial charge is 0.496 e. The molecule has 0 aliphatic heterocycles. The summed E-state index contributed by atoms with van der Waals surface area (Å²) in [7, 11) is 1.61. The summed E-state index contributed by atoms with van der Waals surface area (Å²) in [5, 5.41) is 7.73. The lowest BCUT2D eigenvalue weighted by Crippen LogP contribution is -2.10. The third-order valence-corrected chi connectivity index (χ3v) is 3.26. The molecule has 112 valence electrons. The smallest absolute Gasteiger partial charge is 0.190 e. The van der Waals surface area contributed by atoms with Gasteiger partial charge in [0.05, 0.1) is 32.0 Å². The lowest BCUT2D eigenvalue weighted by Gasteiger charge is -2.11. The van der Waals surface area contributed by atoms with Crippen molar-refractivity contribution in [2.24, 2.45) is 5.73 Å². The van der Waals surface area contributed by atoms with Crippen molar-refractivity contribution in [3.63, 3.8) is 0 Å². The van der Waals surface area contributed by atoms with Crippen molar-refractivity contribution in [2.75, 3.05) is 13.7 Å². The summed E-state index contributed by atoms with van der Waals surface area (Å²) in [6.07, 6.45) is 3.49. The Balaban J connectivity index is 2.19. The van der Waals surface area contributed by atoms with Gasteiger partial charge in [-0.2, -0.15) is 0 Å². The molecule has 0 aromatic carbocycles. The minimum atomic E-state index is -0.125. The number of methoxy groups -OCH3 is 1. The number of aromatic nitrogens is 4. The Hall–Kier alpha value is -2.28. The van der Waals surface area contributed by atoms with Crippen LogP contribution in [-0.2, 0) is 13.0 Å². The molecule has 7 heteroatoms. The SMILES string of the molecule is COc1c(C)cnc(CC(=O)c2cn(CCN)nn2)c1C. The van der Waals surface area contributed by atoms with Gasteiger partial charge in [-0.15, -0.1) is 5.10 Å². The third kappa shape index (κ3) is 3.25. The maximum Gasteiger partial charge on any atom is 0.190 e. The van der Waals surface area contributed by atoms with Gasteiger partial charge < -0.3 is 10.5 Å². The van der Waals surface area contributed by atoms with Gasteiger partial charge in [-0.25, -0.2) is 0 Å². The second-order valence-corrected chi connectivity index (χ2v) is 4.80. The third-order valence-electron chi connectivity index (χ3n) is 3.26. The van der Waals surface area contributed by atoms with Crippen LogP contribution in [0.4, 0.5) is 0 Å². The molecule has 0 atom stereocenters. The molecule has 0 saturated carbocycles. The second-order valence-electron chi connectivity index (χ2n) is 4.80. The molecule has 2 rings (SSSR count). The van der Waals surface area contributed by atoms with Crippen LogP contribution in [-0.4, -0.2) is 39.4 Å². The van der Waals surface area contributed by atoms with Crippen molar-refractivity contribution in [2.45, 2.75) is 26.8 Å². The first-order valence-corrected chi connectivity index (χ1v) is 6.69. The highest BCUT2D eigenvalue weighted by Gasteiger charge is 2.16. The summed E-state index contributed by atoms with van der Waals surface area (Å²) in [6.45, 7) is 4.80. The van der Waals surface area contributed by atoms with Gasteiger partial charge in [0.15, 0.2) is 5.78 Å². The van der Waals surface area contributed by atoms with Gasteiger partial charge in [0.25, 0.3) is 0 Å². The van der Waals surface area contributed by atoms with E-state index in [1.165, 1.54) is 0 Å².